The molecule has 0 aliphatic carbocycles. The van der Waals surface area contributed by atoms with E-state index in [2.05, 4.69) is 5.32 Å². The highest BCUT2D eigenvalue weighted by atomic mass is 16.5. The van der Waals surface area contributed by atoms with Crippen molar-refractivity contribution in [1.29, 1.82) is 0 Å². The van der Waals surface area contributed by atoms with E-state index in [0.29, 0.717) is 17.9 Å². The molecule has 4 N–H and O–H groups in total. The first-order valence-corrected chi connectivity index (χ1v) is 6.47. The number of nitrogens with zero attached hydrogens (tertiary/aromatic N) is 1. The van der Waals surface area contributed by atoms with Gasteiger partial charge in [0, 0.05) is 25.0 Å². The number of benzene rings is 1. The Morgan fingerprint density at radius 3 is 2.85 bits per heavy atom. The standard InChI is InChI=1S/C14H23N3O3/c1-10(17(2)8-13(18)9-20-3)14(19)16-12-6-4-5-11(15)7-12/h4-7,10,13,18H,8-9,15H2,1-3H3,(H,16,19). The van der Waals surface area contributed by atoms with E-state index < -0.39 is 6.10 Å². The second kappa shape index (κ2) is 7.84. The molecule has 1 amide bonds. The Morgan fingerprint density at radius 2 is 2.25 bits per heavy atom. The Bertz CT molecular complexity index is 439. The number of nitrogens with one attached hydrogen (secondary N) is 1. The van der Waals surface area contributed by atoms with E-state index in [1.165, 1.54) is 7.11 Å². The van der Waals surface area contributed by atoms with Gasteiger partial charge in [-0.1, -0.05) is 6.07 Å². The summed E-state index contributed by atoms with van der Waals surface area (Å²) in [4.78, 5) is 13.9. The van der Waals surface area contributed by atoms with Crippen molar-refractivity contribution < 1.29 is 14.6 Å². The fourth-order valence-electron chi connectivity index (χ4n) is 1.80. The zero-order valence-electron chi connectivity index (χ0n) is 12.2. The number of nitrogens with two attached hydrogens (primary N) is 1. The number of nitrogen functional groups attached to an aromatic ring is 1. The Labute approximate surface area is 119 Å². The number of hydrogen-bond donors (Lipinski definition) is 3. The van der Waals surface area contributed by atoms with Crippen molar-refractivity contribution in [3.05, 3.63) is 24.3 Å². The van der Waals surface area contributed by atoms with E-state index in [9.17, 15) is 9.90 Å². The molecule has 1 aromatic rings. The van der Waals surface area contributed by atoms with Crippen LogP contribution in [0.3, 0.4) is 0 Å². The lowest BCUT2D eigenvalue weighted by atomic mass is 10.2. The number of methoxy groups -OCH3 is 1. The first kappa shape index (κ1) is 16.4. The number of aliphatic hydroxyl groups is 1. The van der Waals surface area contributed by atoms with Gasteiger partial charge in [0.05, 0.1) is 18.8 Å². The van der Waals surface area contributed by atoms with Crippen molar-refractivity contribution in [2.45, 2.75) is 19.1 Å². The van der Waals surface area contributed by atoms with Crippen LogP contribution in [0.5, 0.6) is 0 Å². The number of carbonyl (C=O) groups is 1. The number of carbonyl (C=O) groups excluding carboxylic acids is 1. The van der Waals surface area contributed by atoms with Crippen LogP contribution in [0.4, 0.5) is 11.4 Å². The number of ether oxygens (including phenoxy) is 1. The minimum absolute atomic E-state index is 0.150. The minimum Gasteiger partial charge on any atom is -0.399 e. The molecule has 0 bridgehead atoms. The molecule has 2 atom stereocenters. The van der Waals surface area contributed by atoms with Gasteiger partial charge in [-0.25, -0.2) is 0 Å². The molecule has 20 heavy (non-hydrogen) atoms. The van der Waals surface area contributed by atoms with Crippen LogP contribution in [-0.4, -0.2) is 55.4 Å². The molecule has 0 saturated carbocycles. The van der Waals surface area contributed by atoms with Crippen molar-refractivity contribution in [3.8, 4) is 0 Å². The third-order valence-corrected chi connectivity index (χ3v) is 3.05. The number of amides is 1. The second-order valence-electron chi connectivity index (χ2n) is 4.84. The van der Waals surface area contributed by atoms with Crippen LogP contribution in [-0.2, 0) is 9.53 Å². The van der Waals surface area contributed by atoms with Crippen molar-refractivity contribution >= 4 is 17.3 Å². The average Bonchev–Trinajstić information content (AvgIpc) is 2.37. The van der Waals surface area contributed by atoms with Crippen LogP contribution < -0.4 is 11.1 Å². The van der Waals surface area contributed by atoms with Crippen LogP contribution >= 0.6 is 0 Å². The maximum atomic E-state index is 12.1. The molecule has 0 saturated heterocycles. The topological polar surface area (TPSA) is 87.8 Å². The second-order valence-corrected chi connectivity index (χ2v) is 4.84. The molecule has 0 fully saturated rings. The Balaban J connectivity index is 2.53. The van der Waals surface area contributed by atoms with Gasteiger partial charge in [0.25, 0.3) is 0 Å². The van der Waals surface area contributed by atoms with Crippen LogP contribution in [0.2, 0.25) is 0 Å². The highest BCUT2D eigenvalue weighted by Crippen LogP contribution is 2.12. The van der Waals surface area contributed by atoms with E-state index in [0.717, 1.165) is 0 Å². The molecule has 2 unspecified atom stereocenters. The van der Waals surface area contributed by atoms with E-state index >= 15 is 0 Å². The highest BCUT2D eigenvalue weighted by Gasteiger charge is 2.20. The summed E-state index contributed by atoms with van der Waals surface area (Å²) in [6, 6.07) is 6.64. The molecule has 0 aliphatic heterocycles. The third kappa shape index (κ3) is 5.16. The SMILES string of the molecule is COCC(O)CN(C)C(C)C(=O)Nc1cccc(N)c1. The van der Waals surface area contributed by atoms with E-state index in [1.807, 2.05) is 0 Å². The summed E-state index contributed by atoms with van der Waals surface area (Å²) in [5.41, 5.74) is 6.92. The molecule has 6 heteroatoms. The van der Waals surface area contributed by atoms with Gasteiger partial charge >= 0.3 is 0 Å². The van der Waals surface area contributed by atoms with Crippen LogP contribution in [0, 0.1) is 0 Å². The lowest BCUT2D eigenvalue weighted by Crippen LogP contribution is -2.44. The predicted molar refractivity (Wildman–Crippen MR) is 79.5 cm³/mol. The number of aliphatic hydroxyl groups excluding tert-OH is 1. The largest absolute Gasteiger partial charge is 0.399 e. The molecule has 1 rings (SSSR count). The summed E-state index contributed by atoms with van der Waals surface area (Å²) in [5, 5.41) is 12.5. The van der Waals surface area contributed by atoms with Gasteiger partial charge in [-0.15, -0.1) is 0 Å². The Kier molecular flexibility index (Phi) is 6.44. The van der Waals surface area contributed by atoms with Crippen molar-refractivity contribution in [2.75, 3.05) is 38.4 Å². The van der Waals surface area contributed by atoms with Gasteiger partial charge in [-0.3, -0.25) is 9.69 Å². The molecule has 0 radical (unpaired) electrons. The fraction of sp³-hybridized carbons (Fsp3) is 0.500. The molecular formula is C14H23N3O3. The summed E-state index contributed by atoms with van der Waals surface area (Å²) in [6.45, 7) is 2.38. The van der Waals surface area contributed by atoms with Crippen molar-refractivity contribution in [1.82, 2.24) is 4.90 Å². The summed E-state index contributed by atoms with van der Waals surface area (Å²) in [5.74, 6) is -0.150. The van der Waals surface area contributed by atoms with Crippen molar-refractivity contribution in [2.24, 2.45) is 0 Å². The molecule has 0 spiro atoms. The van der Waals surface area contributed by atoms with Crippen molar-refractivity contribution in [3.63, 3.8) is 0 Å². The summed E-state index contributed by atoms with van der Waals surface area (Å²) in [6.07, 6.45) is -0.618. The number of anilines is 2. The first-order chi connectivity index (χ1) is 9.43. The third-order valence-electron chi connectivity index (χ3n) is 3.05. The summed E-state index contributed by atoms with van der Waals surface area (Å²) >= 11 is 0. The van der Waals surface area contributed by atoms with Gasteiger partial charge in [0.15, 0.2) is 0 Å². The van der Waals surface area contributed by atoms with Gasteiger partial charge in [0.2, 0.25) is 5.91 Å². The maximum absolute atomic E-state index is 12.1. The van der Waals surface area contributed by atoms with E-state index in [1.54, 1.807) is 43.1 Å². The number of rotatable bonds is 7. The molecular weight excluding hydrogens is 258 g/mol. The monoisotopic (exact) mass is 281 g/mol. The quantitative estimate of drug-likeness (QED) is 0.635. The zero-order chi connectivity index (χ0) is 15.1. The lowest BCUT2D eigenvalue weighted by molar-refractivity contribution is -0.120. The van der Waals surface area contributed by atoms with Crippen LogP contribution in [0.15, 0.2) is 24.3 Å². The normalized spacial score (nSPS) is 14.1. The van der Waals surface area contributed by atoms with Gasteiger partial charge in [0.1, 0.15) is 0 Å². The molecule has 0 heterocycles. The van der Waals surface area contributed by atoms with Crippen LogP contribution in [0.1, 0.15) is 6.92 Å². The molecule has 6 nitrogen and oxygen atoms in total. The Morgan fingerprint density at radius 1 is 1.55 bits per heavy atom. The minimum atomic E-state index is -0.618. The average molecular weight is 281 g/mol. The highest BCUT2D eigenvalue weighted by molar-refractivity contribution is 5.94. The number of likely N-dealkylation sites (N-methyl/N-ethyl adjacent to an activating group) is 1. The zero-order valence-corrected chi connectivity index (χ0v) is 12.2. The maximum Gasteiger partial charge on any atom is 0.241 e. The van der Waals surface area contributed by atoms with E-state index in [4.69, 9.17) is 10.5 Å². The first-order valence-electron chi connectivity index (χ1n) is 6.47. The number of hydrogen-bond acceptors (Lipinski definition) is 5. The van der Waals surface area contributed by atoms with Gasteiger partial charge < -0.3 is 20.9 Å². The summed E-state index contributed by atoms with van der Waals surface area (Å²) < 4.78 is 4.86. The predicted octanol–water partition coefficient (Wildman–Crippen LogP) is 0.535. The van der Waals surface area contributed by atoms with Crippen LogP contribution in [0.25, 0.3) is 0 Å². The van der Waals surface area contributed by atoms with E-state index in [-0.39, 0.29) is 18.6 Å². The summed E-state index contributed by atoms with van der Waals surface area (Å²) in [7, 11) is 3.31. The molecule has 0 aromatic heterocycles. The van der Waals surface area contributed by atoms with Gasteiger partial charge in [-0.2, -0.15) is 0 Å². The Hall–Kier alpha value is -1.63. The van der Waals surface area contributed by atoms with Gasteiger partial charge in [-0.05, 0) is 32.2 Å². The fourth-order valence-corrected chi connectivity index (χ4v) is 1.80. The molecule has 1 aromatic carbocycles. The lowest BCUT2D eigenvalue weighted by Gasteiger charge is -2.26. The smallest absolute Gasteiger partial charge is 0.241 e. The molecule has 112 valence electrons. The molecule has 0 aliphatic rings.